The van der Waals surface area contributed by atoms with Gasteiger partial charge in [-0.05, 0) is 23.8 Å². The average Bonchev–Trinajstić information content (AvgIpc) is 3.06. The minimum Gasteiger partial charge on any atom is -0.493 e. The molecule has 0 aliphatic carbocycles. The Morgan fingerprint density at radius 3 is 2.79 bits per heavy atom. The lowest BCUT2D eigenvalue weighted by Gasteiger charge is -2.04. The van der Waals surface area contributed by atoms with Crippen LogP contribution in [0.2, 0.25) is 5.02 Å². The number of nitrogens with zero attached hydrogens (tertiary/aromatic N) is 2. The summed E-state index contributed by atoms with van der Waals surface area (Å²) in [6.45, 7) is 1.34. The molecule has 0 bridgehead atoms. The molecule has 0 spiro atoms. The van der Waals surface area contributed by atoms with Crippen molar-refractivity contribution in [1.29, 1.82) is 0 Å². The van der Waals surface area contributed by atoms with Crippen molar-refractivity contribution in [2.45, 2.75) is 10.9 Å². The first-order valence-electron chi connectivity index (χ1n) is 7.42. The Morgan fingerprint density at radius 1 is 1.08 bits per heavy atom. The van der Waals surface area contributed by atoms with Gasteiger partial charge in [-0.3, -0.25) is 0 Å². The molecule has 0 radical (unpaired) electrons. The number of benzene rings is 2. The van der Waals surface area contributed by atoms with E-state index in [-0.39, 0.29) is 0 Å². The van der Waals surface area contributed by atoms with Crippen molar-refractivity contribution in [3.05, 3.63) is 65.2 Å². The highest BCUT2D eigenvalue weighted by atomic mass is 35.5. The van der Waals surface area contributed by atoms with Crippen molar-refractivity contribution in [2.75, 3.05) is 17.7 Å². The van der Waals surface area contributed by atoms with Crippen LogP contribution in [0.5, 0.6) is 5.75 Å². The van der Waals surface area contributed by atoms with Crippen molar-refractivity contribution in [3.63, 3.8) is 0 Å². The van der Waals surface area contributed by atoms with Gasteiger partial charge in [-0.15, -0.1) is 10.2 Å². The largest absolute Gasteiger partial charge is 0.493 e. The molecule has 0 unspecified atom stereocenters. The van der Waals surface area contributed by atoms with Crippen molar-refractivity contribution in [2.24, 2.45) is 0 Å². The molecule has 24 heavy (non-hydrogen) atoms. The summed E-state index contributed by atoms with van der Waals surface area (Å²) in [6, 6.07) is 17.6. The third kappa shape index (κ3) is 5.40. The SMILES string of the molecule is Clc1cccc(OCCSc2nnc(NCc3ccccc3)s2)c1. The summed E-state index contributed by atoms with van der Waals surface area (Å²) in [5.41, 5.74) is 1.22. The molecule has 2 aromatic carbocycles. The molecule has 0 aliphatic heterocycles. The molecule has 1 heterocycles. The smallest absolute Gasteiger partial charge is 0.206 e. The third-order valence-electron chi connectivity index (χ3n) is 3.07. The Bertz CT molecular complexity index is 767. The summed E-state index contributed by atoms with van der Waals surface area (Å²) in [6.07, 6.45) is 0. The van der Waals surface area contributed by atoms with Crippen LogP contribution in [0.4, 0.5) is 5.13 Å². The molecule has 124 valence electrons. The van der Waals surface area contributed by atoms with E-state index in [1.54, 1.807) is 23.1 Å². The lowest BCUT2D eigenvalue weighted by atomic mass is 10.2. The number of hydrogen-bond donors (Lipinski definition) is 1. The first-order valence-corrected chi connectivity index (χ1v) is 9.60. The van der Waals surface area contributed by atoms with Crippen LogP contribution in [-0.4, -0.2) is 22.6 Å². The van der Waals surface area contributed by atoms with Crippen LogP contribution in [0.3, 0.4) is 0 Å². The fraction of sp³-hybridized carbons (Fsp3) is 0.176. The van der Waals surface area contributed by atoms with Crippen LogP contribution in [0.15, 0.2) is 58.9 Å². The van der Waals surface area contributed by atoms with Crippen LogP contribution in [0.25, 0.3) is 0 Å². The first-order chi connectivity index (χ1) is 11.8. The van der Waals surface area contributed by atoms with E-state index in [1.165, 1.54) is 5.56 Å². The van der Waals surface area contributed by atoms with Crippen LogP contribution < -0.4 is 10.1 Å². The van der Waals surface area contributed by atoms with E-state index in [9.17, 15) is 0 Å². The molecule has 1 N–H and O–H groups in total. The lowest BCUT2D eigenvalue weighted by molar-refractivity contribution is 0.344. The van der Waals surface area contributed by atoms with Gasteiger partial charge >= 0.3 is 0 Å². The Labute approximate surface area is 154 Å². The van der Waals surface area contributed by atoms with Crippen molar-refractivity contribution in [1.82, 2.24) is 10.2 Å². The molecule has 4 nitrogen and oxygen atoms in total. The zero-order valence-electron chi connectivity index (χ0n) is 12.8. The molecule has 0 atom stereocenters. The molecule has 7 heteroatoms. The van der Waals surface area contributed by atoms with Gasteiger partial charge in [0.25, 0.3) is 0 Å². The van der Waals surface area contributed by atoms with Crippen LogP contribution in [0, 0.1) is 0 Å². The number of hydrogen-bond acceptors (Lipinski definition) is 6. The standard InChI is InChI=1S/C17H16ClN3OS2/c18-14-7-4-8-15(11-14)22-9-10-23-17-21-20-16(24-17)19-12-13-5-2-1-3-6-13/h1-8,11H,9-10,12H2,(H,19,20). The van der Waals surface area contributed by atoms with Gasteiger partial charge in [0.15, 0.2) is 4.34 Å². The number of halogens is 1. The predicted molar refractivity (Wildman–Crippen MR) is 101 cm³/mol. The van der Waals surface area contributed by atoms with Gasteiger partial charge in [-0.25, -0.2) is 0 Å². The van der Waals surface area contributed by atoms with Gasteiger partial charge in [0.05, 0.1) is 6.61 Å². The van der Waals surface area contributed by atoms with E-state index < -0.39 is 0 Å². The number of anilines is 1. The number of thioether (sulfide) groups is 1. The summed E-state index contributed by atoms with van der Waals surface area (Å²) >= 11 is 9.11. The quantitative estimate of drug-likeness (QED) is 0.443. The van der Waals surface area contributed by atoms with E-state index in [0.717, 1.165) is 27.5 Å². The molecule has 0 amide bonds. The van der Waals surface area contributed by atoms with E-state index in [1.807, 2.05) is 42.5 Å². The minimum atomic E-state index is 0.595. The topological polar surface area (TPSA) is 47.0 Å². The molecule has 0 fully saturated rings. The van der Waals surface area contributed by atoms with Gasteiger partial charge in [0, 0.05) is 17.3 Å². The maximum atomic E-state index is 5.92. The Hall–Kier alpha value is -1.76. The third-order valence-corrected chi connectivity index (χ3v) is 5.28. The van der Waals surface area contributed by atoms with Gasteiger partial charge in [-0.2, -0.15) is 0 Å². The Morgan fingerprint density at radius 2 is 1.96 bits per heavy atom. The monoisotopic (exact) mass is 377 g/mol. The molecule has 3 aromatic rings. The maximum absolute atomic E-state index is 5.92. The fourth-order valence-corrected chi connectivity index (χ4v) is 3.77. The summed E-state index contributed by atoms with van der Waals surface area (Å²) in [4.78, 5) is 0. The maximum Gasteiger partial charge on any atom is 0.206 e. The van der Waals surface area contributed by atoms with Gasteiger partial charge in [0.1, 0.15) is 5.75 Å². The number of ether oxygens (including phenoxy) is 1. The predicted octanol–water partition coefficient (Wildman–Crippen LogP) is 4.97. The average molecular weight is 378 g/mol. The molecule has 0 saturated heterocycles. The van der Waals surface area contributed by atoms with Gasteiger partial charge in [-0.1, -0.05) is 71.1 Å². The van der Waals surface area contributed by atoms with Crippen LogP contribution in [-0.2, 0) is 6.54 Å². The number of aromatic nitrogens is 2. The second-order valence-corrected chi connectivity index (χ2v) is 7.62. The second-order valence-electron chi connectivity index (χ2n) is 4.87. The van der Waals surface area contributed by atoms with E-state index in [4.69, 9.17) is 16.3 Å². The first kappa shape index (κ1) is 17.1. The van der Waals surface area contributed by atoms with E-state index in [0.29, 0.717) is 11.6 Å². The zero-order valence-corrected chi connectivity index (χ0v) is 15.2. The molecule has 3 rings (SSSR count). The van der Waals surface area contributed by atoms with Gasteiger partial charge < -0.3 is 10.1 Å². The lowest BCUT2D eigenvalue weighted by Crippen LogP contribution is -1.99. The van der Waals surface area contributed by atoms with Crippen molar-refractivity contribution in [3.8, 4) is 5.75 Å². The number of nitrogens with one attached hydrogen (secondary N) is 1. The molecule has 0 aliphatic rings. The normalized spacial score (nSPS) is 10.5. The Balaban J connectivity index is 1.39. The van der Waals surface area contributed by atoms with Crippen LogP contribution >= 0.6 is 34.7 Å². The van der Waals surface area contributed by atoms with Crippen molar-refractivity contribution < 1.29 is 4.74 Å². The summed E-state index contributed by atoms with van der Waals surface area (Å²) in [5, 5.41) is 13.1. The van der Waals surface area contributed by atoms with E-state index in [2.05, 4.69) is 27.6 Å². The second kappa shape index (κ2) is 8.92. The summed E-state index contributed by atoms with van der Waals surface area (Å²) < 4.78 is 6.59. The zero-order chi connectivity index (χ0) is 16.6. The molecular formula is C17H16ClN3OS2. The fourth-order valence-electron chi connectivity index (χ4n) is 1.96. The highest BCUT2D eigenvalue weighted by Gasteiger charge is 2.05. The highest BCUT2D eigenvalue weighted by molar-refractivity contribution is 8.01. The minimum absolute atomic E-state index is 0.595. The van der Waals surface area contributed by atoms with Crippen molar-refractivity contribution >= 4 is 39.8 Å². The van der Waals surface area contributed by atoms with Gasteiger partial charge in [0.2, 0.25) is 5.13 Å². The number of rotatable bonds is 8. The molecular weight excluding hydrogens is 362 g/mol. The Kier molecular flexibility index (Phi) is 6.34. The highest BCUT2D eigenvalue weighted by Crippen LogP contribution is 2.26. The summed E-state index contributed by atoms with van der Waals surface area (Å²) in [7, 11) is 0. The molecule has 1 aromatic heterocycles. The van der Waals surface area contributed by atoms with E-state index >= 15 is 0 Å². The summed E-state index contributed by atoms with van der Waals surface area (Å²) in [5.74, 6) is 1.59. The molecule has 0 saturated carbocycles. The van der Waals surface area contributed by atoms with Crippen LogP contribution in [0.1, 0.15) is 5.56 Å².